The summed E-state index contributed by atoms with van der Waals surface area (Å²) in [5.74, 6) is -1.56. The zero-order valence-corrected chi connectivity index (χ0v) is 21.7. The van der Waals surface area contributed by atoms with Gasteiger partial charge in [-0.3, -0.25) is 4.31 Å². The van der Waals surface area contributed by atoms with Crippen LogP contribution < -0.4 is 4.31 Å². The van der Waals surface area contributed by atoms with E-state index in [9.17, 15) is 17.6 Å². The van der Waals surface area contributed by atoms with Crippen LogP contribution in [0.25, 0.3) is 0 Å². The number of nitrogens with zero attached hydrogens (tertiary/aromatic N) is 1. The zero-order chi connectivity index (χ0) is 26.1. The molecule has 0 bridgehead atoms. The van der Waals surface area contributed by atoms with Gasteiger partial charge in [-0.1, -0.05) is 69.0 Å². The van der Waals surface area contributed by atoms with E-state index >= 15 is 0 Å². The minimum atomic E-state index is -3.99. The van der Waals surface area contributed by atoms with Gasteiger partial charge in [0.1, 0.15) is 5.82 Å². The van der Waals surface area contributed by atoms with Gasteiger partial charge in [0.05, 0.1) is 16.1 Å². The number of rotatable bonds is 13. The number of para-hydroxylation sites is 1. The van der Waals surface area contributed by atoms with Gasteiger partial charge < -0.3 is 5.11 Å². The minimum absolute atomic E-state index is 0.0184. The first-order valence-electron chi connectivity index (χ1n) is 12.4. The van der Waals surface area contributed by atoms with Crippen LogP contribution >= 0.6 is 0 Å². The molecule has 0 aliphatic rings. The lowest BCUT2D eigenvalue weighted by atomic mass is 10.0. The number of unbranched alkanes of at least 4 members (excludes halogenated alkanes) is 4. The van der Waals surface area contributed by atoms with Crippen molar-refractivity contribution in [3.63, 3.8) is 0 Å². The standard InChI is InChI=1S/C29H34FNO4S/c1-3-4-5-6-9-20-31(36(34,35)28-21-26(30)19-12-22(28)2)27-11-8-7-10-24(27)16-13-23-14-17-25(18-15-23)29(32)33/h7-8,10-12,14-15,17-19,21H,3-6,9,13,16,20H2,1-2H3,(H,32,33). The Morgan fingerprint density at radius 1 is 0.917 bits per heavy atom. The summed E-state index contributed by atoms with van der Waals surface area (Å²) < 4.78 is 43.2. The highest BCUT2D eigenvalue weighted by molar-refractivity contribution is 7.92. The molecule has 1 N–H and O–H groups in total. The van der Waals surface area contributed by atoms with Crippen LogP contribution in [-0.2, 0) is 22.9 Å². The highest BCUT2D eigenvalue weighted by atomic mass is 32.2. The summed E-state index contributed by atoms with van der Waals surface area (Å²) in [6.45, 7) is 4.12. The Balaban J connectivity index is 1.92. The summed E-state index contributed by atoms with van der Waals surface area (Å²) in [4.78, 5) is 11.1. The fourth-order valence-corrected chi connectivity index (χ4v) is 6.04. The number of hydrogen-bond donors (Lipinski definition) is 1. The fourth-order valence-electron chi connectivity index (χ4n) is 4.26. The second-order valence-electron chi connectivity index (χ2n) is 9.03. The quantitative estimate of drug-likeness (QED) is 0.257. The van der Waals surface area contributed by atoms with E-state index in [4.69, 9.17) is 5.11 Å². The third kappa shape index (κ3) is 6.94. The molecule has 36 heavy (non-hydrogen) atoms. The van der Waals surface area contributed by atoms with Gasteiger partial charge in [-0.25, -0.2) is 17.6 Å². The van der Waals surface area contributed by atoms with Gasteiger partial charge in [-0.15, -0.1) is 0 Å². The highest BCUT2D eigenvalue weighted by Crippen LogP contribution is 2.30. The van der Waals surface area contributed by atoms with Crippen LogP contribution in [-0.4, -0.2) is 26.0 Å². The van der Waals surface area contributed by atoms with E-state index in [1.807, 2.05) is 18.2 Å². The summed E-state index contributed by atoms with van der Waals surface area (Å²) in [6, 6.07) is 18.0. The number of carbonyl (C=O) groups is 1. The monoisotopic (exact) mass is 511 g/mol. The molecular formula is C29H34FNO4S. The smallest absolute Gasteiger partial charge is 0.335 e. The molecule has 0 saturated heterocycles. The Morgan fingerprint density at radius 2 is 1.61 bits per heavy atom. The molecule has 0 saturated carbocycles. The molecule has 0 amide bonds. The lowest BCUT2D eigenvalue weighted by Gasteiger charge is -2.27. The minimum Gasteiger partial charge on any atom is -0.478 e. The maximum Gasteiger partial charge on any atom is 0.335 e. The van der Waals surface area contributed by atoms with Gasteiger partial charge in [0.15, 0.2) is 0 Å². The number of halogens is 1. The first-order valence-corrected chi connectivity index (χ1v) is 13.9. The van der Waals surface area contributed by atoms with Crippen molar-refractivity contribution in [2.75, 3.05) is 10.8 Å². The molecule has 7 heteroatoms. The number of carboxylic acids is 1. The van der Waals surface area contributed by atoms with Gasteiger partial charge in [0, 0.05) is 6.54 Å². The van der Waals surface area contributed by atoms with Crippen molar-refractivity contribution >= 4 is 21.7 Å². The van der Waals surface area contributed by atoms with Crippen LogP contribution in [0.3, 0.4) is 0 Å². The van der Waals surface area contributed by atoms with Crippen LogP contribution in [0.1, 0.15) is 66.1 Å². The molecule has 3 aromatic rings. The van der Waals surface area contributed by atoms with Crippen molar-refractivity contribution in [1.29, 1.82) is 0 Å². The predicted octanol–water partition coefficient (Wildman–Crippen LogP) is 6.78. The van der Waals surface area contributed by atoms with E-state index in [0.717, 1.165) is 42.9 Å². The van der Waals surface area contributed by atoms with Crippen LogP contribution in [0, 0.1) is 12.7 Å². The number of anilines is 1. The van der Waals surface area contributed by atoms with E-state index < -0.39 is 21.8 Å². The number of aromatic carboxylic acids is 1. The topological polar surface area (TPSA) is 74.7 Å². The van der Waals surface area contributed by atoms with Crippen LogP contribution in [0.5, 0.6) is 0 Å². The van der Waals surface area contributed by atoms with Crippen molar-refractivity contribution in [2.45, 2.75) is 63.7 Å². The van der Waals surface area contributed by atoms with E-state index in [0.29, 0.717) is 37.1 Å². The molecule has 192 valence electrons. The first-order chi connectivity index (χ1) is 17.2. The number of benzene rings is 3. The third-order valence-corrected chi connectivity index (χ3v) is 8.28. The number of hydrogen-bond acceptors (Lipinski definition) is 3. The van der Waals surface area contributed by atoms with Crippen molar-refractivity contribution < 1.29 is 22.7 Å². The maximum atomic E-state index is 14.1. The highest BCUT2D eigenvalue weighted by Gasteiger charge is 2.28. The normalized spacial score (nSPS) is 11.4. The maximum absolute atomic E-state index is 14.1. The molecule has 0 atom stereocenters. The Kier molecular flexibility index (Phi) is 9.65. The molecule has 0 radical (unpaired) electrons. The third-order valence-electron chi connectivity index (χ3n) is 6.33. The summed E-state index contributed by atoms with van der Waals surface area (Å²) in [5, 5.41) is 9.12. The Bertz CT molecular complexity index is 1270. The molecule has 0 aliphatic heterocycles. The Hall–Kier alpha value is -3.19. The first kappa shape index (κ1) is 27.4. The second-order valence-corrected chi connectivity index (χ2v) is 10.9. The summed E-state index contributed by atoms with van der Waals surface area (Å²) >= 11 is 0. The van der Waals surface area contributed by atoms with Crippen molar-refractivity contribution in [3.05, 3.63) is 94.8 Å². The van der Waals surface area contributed by atoms with Gasteiger partial charge in [-0.05, 0) is 73.2 Å². The van der Waals surface area contributed by atoms with E-state index in [-0.39, 0.29) is 10.5 Å². The van der Waals surface area contributed by atoms with E-state index in [2.05, 4.69) is 6.92 Å². The van der Waals surface area contributed by atoms with Crippen molar-refractivity contribution in [2.24, 2.45) is 0 Å². The Labute approximate surface area is 213 Å². The zero-order valence-electron chi connectivity index (χ0n) is 20.9. The van der Waals surface area contributed by atoms with Crippen LogP contribution in [0.15, 0.2) is 71.6 Å². The number of aryl methyl sites for hydroxylation is 3. The molecule has 0 aliphatic carbocycles. The molecule has 0 unspecified atom stereocenters. The largest absolute Gasteiger partial charge is 0.478 e. The molecular weight excluding hydrogens is 477 g/mol. The lowest BCUT2D eigenvalue weighted by Crippen LogP contribution is -2.33. The van der Waals surface area contributed by atoms with Gasteiger partial charge in [0.2, 0.25) is 0 Å². The predicted molar refractivity (Wildman–Crippen MR) is 142 cm³/mol. The average Bonchev–Trinajstić information content (AvgIpc) is 2.86. The molecule has 0 fully saturated rings. The lowest BCUT2D eigenvalue weighted by molar-refractivity contribution is 0.0697. The molecule has 5 nitrogen and oxygen atoms in total. The molecule has 0 spiro atoms. The molecule has 0 aromatic heterocycles. The number of carboxylic acid groups (broad SMARTS) is 1. The SMILES string of the molecule is CCCCCCCN(c1ccccc1CCc1ccc(C(=O)O)cc1)S(=O)(=O)c1cc(F)ccc1C. The van der Waals surface area contributed by atoms with E-state index in [1.54, 1.807) is 37.3 Å². The number of sulfonamides is 1. The molecule has 0 heterocycles. The summed E-state index contributed by atoms with van der Waals surface area (Å²) in [6.07, 6.45) is 6.07. The van der Waals surface area contributed by atoms with Crippen LogP contribution in [0.2, 0.25) is 0 Å². The van der Waals surface area contributed by atoms with Crippen LogP contribution in [0.4, 0.5) is 10.1 Å². The van der Waals surface area contributed by atoms with Gasteiger partial charge >= 0.3 is 5.97 Å². The molecule has 3 rings (SSSR count). The summed E-state index contributed by atoms with van der Waals surface area (Å²) in [5.41, 5.74) is 3.16. The fraction of sp³-hybridized carbons (Fsp3) is 0.345. The van der Waals surface area contributed by atoms with Gasteiger partial charge in [-0.2, -0.15) is 0 Å². The Morgan fingerprint density at radius 3 is 2.31 bits per heavy atom. The van der Waals surface area contributed by atoms with Gasteiger partial charge in [0.25, 0.3) is 10.0 Å². The average molecular weight is 512 g/mol. The van der Waals surface area contributed by atoms with Crippen molar-refractivity contribution in [3.8, 4) is 0 Å². The second kappa shape index (κ2) is 12.7. The van der Waals surface area contributed by atoms with Crippen molar-refractivity contribution in [1.82, 2.24) is 0 Å². The van der Waals surface area contributed by atoms with E-state index in [1.165, 1.54) is 16.4 Å². The summed E-state index contributed by atoms with van der Waals surface area (Å²) in [7, 11) is -3.99. The molecule has 3 aromatic carbocycles.